The first-order chi connectivity index (χ1) is 12.9. The highest BCUT2D eigenvalue weighted by atomic mass is 16.4. The zero-order valence-electron chi connectivity index (χ0n) is 15.6. The Kier molecular flexibility index (Phi) is 4.23. The molecule has 2 aromatic carbocycles. The van der Waals surface area contributed by atoms with Crippen LogP contribution in [0.4, 0.5) is 5.69 Å². The molecule has 2 aromatic rings. The molecule has 0 aromatic heterocycles. The minimum atomic E-state index is -0.928. The molecule has 0 radical (unpaired) electrons. The summed E-state index contributed by atoms with van der Waals surface area (Å²) >= 11 is 0. The molecule has 2 aliphatic rings. The van der Waals surface area contributed by atoms with E-state index in [0.29, 0.717) is 23.7 Å². The molecule has 0 bridgehead atoms. The number of likely N-dealkylation sites (N-methyl/N-ethyl adjacent to an activating group) is 1. The summed E-state index contributed by atoms with van der Waals surface area (Å²) < 4.78 is 0. The number of nitrogens with zero attached hydrogens (tertiary/aromatic N) is 2. The van der Waals surface area contributed by atoms with Crippen LogP contribution in [0.3, 0.4) is 0 Å². The van der Waals surface area contributed by atoms with E-state index in [0.717, 1.165) is 29.7 Å². The molecule has 4 rings (SSSR count). The minimum absolute atomic E-state index is 0.113. The lowest BCUT2D eigenvalue weighted by molar-refractivity contribution is -0.138. The van der Waals surface area contributed by atoms with E-state index in [1.807, 2.05) is 18.2 Å². The van der Waals surface area contributed by atoms with Crippen molar-refractivity contribution in [3.05, 3.63) is 41.0 Å². The standard InChI is InChI=1S/C21H24N2O4/c1-12-6-7-13-4-3-5-16-18-14(10-23(12)19(13)16)8-15(20(26)21(18)27)9-22(2)11-17(24)25/h3-5,8,12,26-27H,6-7,9-11H2,1-2H3,(H,24,25). The Hall–Kier alpha value is -2.73. The van der Waals surface area contributed by atoms with Gasteiger partial charge >= 0.3 is 5.97 Å². The lowest BCUT2D eigenvalue weighted by atomic mass is 9.84. The van der Waals surface area contributed by atoms with Crippen molar-refractivity contribution in [1.82, 2.24) is 4.90 Å². The van der Waals surface area contributed by atoms with Crippen molar-refractivity contribution >= 4 is 11.7 Å². The van der Waals surface area contributed by atoms with E-state index in [2.05, 4.69) is 17.9 Å². The molecule has 0 saturated carbocycles. The number of para-hydroxylation sites is 1. The molecular formula is C21H24N2O4. The van der Waals surface area contributed by atoms with Gasteiger partial charge in [-0.3, -0.25) is 9.69 Å². The summed E-state index contributed by atoms with van der Waals surface area (Å²) in [5.41, 5.74) is 5.59. The van der Waals surface area contributed by atoms with Gasteiger partial charge in [0, 0.05) is 41.5 Å². The largest absolute Gasteiger partial charge is 0.504 e. The summed E-state index contributed by atoms with van der Waals surface area (Å²) in [6.45, 7) is 3.00. The second kappa shape index (κ2) is 6.46. The second-order valence-corrected chi connectivity index (χ2v) is 7.66. The quantitative estimate of drug-likeness (QED) is 0.720. The van der Waals surface area contributed by atoms with Gasteiger partial charge < -0.3 is 20.2 Å². The summed E-state index contributed by atoms with van der Waals surface area (Å²) in [7, 11) is 1.68. The van der Waals surface area contributed by atoms with Crippen LogP contribution in [0.2, 0.25) is 0 Å². The van der Waals surface area contributed by atoms with Crippen LogP contribution in [-0.2, 0) is 24.3 Å². The van der Waals surface area contributed by atoms with Gasteiger partial charge in [-0.05, 0) is 44.0 Å². The van der Waals surface area contributed by atoms with E-state index in [4.69, 9.17) is 5.11 Å². The molecular weight excluding hydrogens is 344 g/mol. The number of phenols is 2. The zero-order valence-corrected chi connectivity index (χ0v) is 15.6. The van der Waals surface area contributed by atoms with Crippen LogP contribution in [0.25, 0.3) is 11.1 Å². The average Bonchev–Trinajstić information content (AvgIpc) is 2.61. The number of carboxylic acid groups (broad SMARTS) is 1. The number of carboxylic acids is 1. The maximum Gasteiger partial charge on any atom is 0.317 e. The average molecular weight is 368 g/mol. The number of carbonyl (C=O) groups is 1. The molecule has 0 saturated heterocycles. The lowest BCUT2D eigenvalue weighted by Crippen LogP contribution is -2.39. The van der Waals surface area contributed by atoms with E-state index in [1.165, 1.54) is 5.56 Å². The lowest BCUT2D eigenvalue weighted by Gasteiger charge is -2.42. The van der Waals surface area contributed by atoms with Gasteiger partial charge in [0.25, 0.3) is 0 Å². The Morgan fingerprint density at radius 1 is 1.26 bits per heavy atom. The first kappa shape index (κ1) is 17.7. The van der Waals surface area contributed by atoms with Crippen molar-refractivity contribution in [1.29, 1.82) is 0 Å². The summed E-state index contributed by atoms with van der Waals surface area (Å²) in [4.78, 5) is 14.9. The predicted octanol–water partition coefficient (Wildman–Crippen LogP) is 2.94. The highest BCUT2D eigenvalue weighted by Gasteiger charge is 2.33. The fourth-order valence-corrected chi connectivity index (χ4v) is 4.39. The second-order valence-electron chi connectivity index (χ2n) is 7.66. The third-order valence-electron chi connectivity index (χ3n) is 5.66. The van der Waals surface area contributed by atoms with Crippen molar-refractivity contribution in [2.75, 3.05) is 18.5 Å². The van der Waals surface area contributed by atoms with Crippen molar-refractivity contribution in [3.8, 4) is 22.6 Å². The summed E-state index contributed by atoms with van der Waals surface area (Å²) in [6.07, 6.45) is 2.10. The van der Waals surface area contributed by atoms with Gasteiger partial charge in [0.2, 0.25) is 0 Å². The highest BCUT2D eigenvalue weighted by molar-refractivity contribution is 5.91. The van der Waals surface area contributed by atoms with E-state index < -0.39 is 5.97 Å². The van der Waals surface area contributed by atoms with Crippen LogP contribution >= 0.6 is 0 Å². The maximum atomic E-state index is 10.9. The molecule has 6 nitrogen and oxygen atoms in total. The minimum Gasteiger partial charge on any atom is -0.504 e. The van der Waals surface area contributed by atoms with Crippen LogP contribution in [0.15, 0.2) is 24.3 Å². The van der Waals surface area contributed by atoms with Crippen LogP contribution < -0.4 is 4.90 Å². The number of phenolic OH excluding ortho intramolecular Hbond substituents is 2. The molecule has 0 aliphatic carbocycles. The van der Waals surface area contributed by atoms with Gasteiger partial charge in [-0.15, -0.1) is 0 Å². The molecule has 27 heavy (non-hydrogen) atoms. The third kappa shape index (κ3) is 2.90. The smallest absolute Gasteiger partial charge is 0.317 e. The number of anilines is 1. The number of benzene rings is 2. The zero-order chi connectivity index (χ0) is 19.3. The molecule has 6 heteroatoms. The van der Waals surface area contributed by atoms with Crippen molar-refractivity contribution < 1.29 is 20.1 Å². The number of aromatic hydroxyl groups is 2. The van der Waals surface area contributed by atoms with Crippen LogP contribution in [0.5, 0.6) is 11.5 Å². The Bertz CT molecular complexity index is 925. The van der Waals surface area contributed by atoms with Crippen molar-refractivity contribution in [2.24, 2.45) is 0 Å². The monoisotopic (exact) mass is 368 g/mol. The van der Waals surface area contributed by atoms with Gasteiger partial charge in [0.15, 0.2) is 11.5 Å². The molecule has 2 heterocycles. The fraction of sp³-hybridized carbons (Fsp3) is 0.381. The summed E-state index contributed by atoms with van der Waals surface area (Å²) in [5, 5.41) is 30.3. The van der Waals surface area contributed by atoms with E-state index in [1.54, 1.807) is 11.9 Å². The molecule has 3 N–H and O–H groups in total. The number of rotatable bonds is 4. The Labute approximate surface area is 158 Å². The fourth-order valence-electron chi connectivity index (χ4n) is 4.39. The van der Waals surface area contributed by atoms with Crippen LogP contribution in [0, 0.1) is 0 Å². The Balaban J connectivity index is 1.82. The summed E-state index contributed by atoms with van der Waals surface area (Å²) in [5.74, 6) is -1.21. The van der Waals surface area contributed by atoms with Crippen molar-refractivity contribution in [3.63, 3.8) is 0 Å². The van der Waals surface area contributed by atoms with Gasteiger partial charge in [0.05, 0.1) is 6.54 Å². The highest BCUT2D eigenvalue weighted by Crippen LogP contribution is 2.51. The molecule has 142 valence electrons. The van der Waals surface area contributed by atoms with Gasteiger partial charge in [-0.2, -0.15) is 0 Å². The topological polar surface area (TPSA) is 84.2 Å². The third-order valence-corrected chi connectivity index (χ3v) is 5.66. The number of fused-ring (bicyclic) bond motifs is 2. The number of hydrogen-bond acceptors (Lipinski definition) is 5. The van der Waals surface area contributed by atoms with Gasteiger partial charge in [0.1, 0.15) is 0 Å². The molecule has 1 unspecified atom stereocenters. The number of hydrogen-bond donors (Lipinski definition) is 3. The van der Waals surface area contributed by atoms with E-state index >= 15 is 0 Å². The van der Waals surface area contributed by atoms with Gasteiger partial charge in [-0.25, -0.2) is 0 Å². The molecule has 0 spiro atoms. The maximum absolute atomic E-state index is 10.9. The molecule has 1 atom stereocenters. The first-order valence-corrected chi connectivity index (χ1v) is 9.22. The van der Waals surface area contributed by atoms with E-state index in [9.17, 15) is 15.0 Å². The van der Waals surface area contributed by atoms with Crippen molar-refractivity contribution in [2.45, 2.75) is 38.9 Å². The van der Waals surface area contributed by atoms with Crippen LogP contribution in [-0.4, -0.2) is 45.8 Å². The molecule has 2 aliphatic heterocycles. The summed E-state index contributed by atoms with van der Waals surface area (Å²) in [6, 6.07) is 8.44. The molecule has 0 fully saturated rings. The predicted molar refractivity (Wildman–Crippen MR) is 103 cm³/mol. The molecule has 0 amide bonds. The normalized spacial score (nSPS) is 17.6. The SMILES string of the molecule is CC1CCc2cccc3c2N1Cc1cc(CN(C)CC(=O)O)c(O)c(O)c1-3. The van der Waals surface area contributed by atoms with Gasteiger partial charge in [-0.1, -0.05) is 18.2 Å². The van der Waals surface area contributed by atoms with Crippen LogP contribution in [0.1, 0.15) is 30.0 Å². The van der Waals surface area contributed by atoms with E-state index in [-0.39, 0.29) is 24.6 Å². The number of aliphatic carboxylic acids is 1. The number of aryl methyl sites for hydroxylation is 1. The Morgan fingerprint density at radius 3 is 2.78 bits per heavy atom. The Morgan fingerprint density at radius 2 is 2.04 bits per heavy atom. The first-order valence-electron chi connectivity index (χ1n) is 9.22.